The molecule has 0 saturated carbocycles. The first-order chi connectivity index (χ1) is 17.8. The Labute approximate surface area is 209 Å². The summed E-state index contributed by atoms with van der Waals surface area (Å²) >= 11 is 0. The maximum absolute atomic E-state index is 15.4. The molecule has 0 heterocycles. The summed E-state index contributed by atoms with van der Waals surface area (Å²) in [4.78, 5) is 50.0. The zero-order valence-corrected chi connectivity index (χ0v) is 18.9. The van der Waals surface area contributed by atoms with Gasteiger partial charge in [0.15, 0.2) is 11.6 Å². The Morgan fingerprint density at radius 3 is 1.35 bits per heavy atom. The summed E-state index contributed by atoms with van der Waals surface area (Å²) in [5.41, 5.74) is -0.852. The molecule has 0 bridgehead atoms. The number of hydrogen-bond acceptors (Lipinski definition) is 7. The van der Waals surface area contributed by atoms with Crippen molar-refractivity contribution >= 4 is 23.9 Å². The number of aromatic carboxylic acids is 1. The second-order valence-electron chi connectivity index (χ2n) is 7.47. The van der Waals surface area contributed by atoms with Gasteiger partial charge in [-0.3, -0.25) is 0 Å². The monoisotopic (exact) mass is 500 g/mol. The van der Waals surface area contributed by atoms with Gasteiger partial charge in [0.25, 0.3) is 0 Å². The highest BCUT2D eigenvalue weighted by Crippen LogP contribution is 2.43. The van der Waals surface area contributed by atoms with Crippen LogP contribution < -0.4 is 14.2 Å². The Bertz CT molecular complexity index is 1470. The molecule has 0 atom stereocenters. The van der Waals surface area contributed by atoms with Gasteiger partial charge < -0.3 is 19.3 Å². The van der Waals surface area contributed by atoms with Crippen LogP contribution in [0.1, 0.15) is 41.4 Å². The highest BCUT2D eigenvalue weighted by atomic mass is 19.1. The van der Waals surface area contributed by atoms with Crippen molar-refractivity contribution in [1.82, 2.24) is 0 Å². The third-order valence-corrected chi connectivity index (χ3v) is 4.99. The van der Waals surface area contributed by atoms with Gasteiger partial charge in [0.2, 0.25) is 11.5 Å². The van der Waals surface area contributed by atoms with Crippen LogP contribution in [-0.2, 0) is 0 Å². The fraction of sp³-hybridized carbons (Fsp3) is 0. The first-order valence-electron chi connectivity index (χ1n) is 10.8. The normalized spacial score (nSPS) is 10.3. The van der Waals surface area contributed by atoms with Gasteiger partial charge in [0.1, 0.15) is 5.56 Å². The van der Waals surface area contributed by atoms with Gasteiger partial charge in [-0.2, -0.15) is 0 Å². The largest absolute Gasteiger partial charge is 0.478 e. The van der Waals surface area contributed by atoms with Gasteiger partial charge in [-0.25, -0.2) is 23.6 Å². The molecular formula is C28H17FO8. The van der Waals surface area contributed by atoms with E-state index in [4.69, 9.17) is 14.2 Å². The number of benzene rings is 4. The van der Waals surface area contributed by atoms with Crippen molar-refractivity contribution in [3.05, 3.63) is 125 Å². The molecule has 0 spiro atoms. The second-order valence-corrected chi connectivity index (χ2v) is 7.47. The topological polar surface area (TPSA) is 116 Å². The van der Waals surface area contributed by atoms with Crippen LogP contribution in [0.2, 0.25) is 0 Å². The van der Waals surface area contributed by atoms with Crippen molar-refractivity contribution < 1.29 is 42.9 Å². The number of esters is 3. The van der Waals surface area contributed by atoms with Crippen molar-refractivity contribution in [2.45, 2.75) is 0 Å². The Hall–Kier alpha value is -5.31. The van der Waals surface area contributed by atoms with E-state index < -0.39 is 52.5 Å². The molecule has 1 N–H and O–H groups in total. The van der Waals surface area contributed by atoms with Gasteiger partial charge in [0, 0.05) is 6.07 Å². The Morgan fingerprint density at radius 1 is 0.568 bits per heavy atom. The van der Waals surface area contributed by atoms with E-state index in [1.165, 1.54) is 48.5 Å². The minimum absolute atomic E-state index is 0.00537. The third-order valence-electron chi connectivity index (χ3n) is 4.99. The van der Waals surface area contributed by atoms with Gasteiger partial charge in [-0.05, 0) is 36.4 Å². The number of rotatable bonds is 7. The van der Waals surface area contributed by atoms with Crippen LogP contribution in [0.5, 0.6) is 17.2 Å². The van der Waals surface area contributed by atoms with E-state index in [2.05, 4.69) is 0 Å². The van der Waals surface area contributed by atoms with E-state index in [0.717, 1.165) is 0 Å². The zero-order valence-electron chi connectivity index (χ0n) is 18.9. The van der Waals surface area contributed by atoms with Gasteiger partial charge in [0.05, 0.1) is 16.7 Å². The molecular weight excluding hydrogens is 483 g/mol. The molecule has 0 fully saturated rings. The summed E-state index contributed by atoms with van der Waals surface area (Å²) < 4.78 is 31.2. The number of carboxylic acids is 1. The lowest BCUT2D eigenvalue weighted by Gasteiger charge is -2.17. The molecule has 0 saturated heterocycles. The minimum atomic E-state index is -1.74. The van der Waals surface area contributed by atoms with Crippen molar-refractivity contribution in [1.29, 1.82) is 0 Å². The number of carboxylic acid groups (broad SMARTS) is 1. The molecule has 0 aliphatic heterocycles. The Kier molecular flexibility index (Phi) is 7.34. The first-order valence-corrected chi connectivity index (χ1v) is 10.8. The zero-order chi connectivity index (χ0) is 26.4. The van der Waals surface area contributed by atoms with Gasteiger partial charge >= 0.3 is 23.9 Å². The highest BCUT2D eigenvalue weighted by Gasteiger charge is 2.30. The fourth-order valence-corrected chi connectivity index (χ4v) is 3.20. The average Bonchev–Trinajstić information content (AvgIpc) is 2.93. The van der Waals surface area contributed by atoms with E-state index in [-0.39, 0.29) is 16.7 Å². The smallest absolute Gasteiger partial charge is 0.343 e. The fourth-order valence-electron chi connectivity index (χ4n) is 3.20. The van der Waals surface area contributed by atoms with Crippen LogP contribution in [-0.4, -0.2) is 29.0 Å². The molecule has 0 unspecified atom stereocenters. The molecule has 9 heteroatoms. The van der Waals surface area contributed by atoms with Crippen LogP contribution in [0, 0.1) is 5.82 Å². The van der Waals surface area contributed by atoms with Crippen molar-refractivity contribution in [2.75, 3.05) is 0 Å². The van der Waals surface area contributed by atoms with Crippen molar-refractivity contribution in [3.8, 4) is 17.2 Å². The second kappa shape index (κ2) is 11.0. The summed E-state index contributed by atoms with van der Waals surface area (Å²) in [5, 5.41) is 9.54. The van der Waals surface area contributed by atoms with Crippen LogP contribution in [0.15, 0.2) is 97.1 Å². The summed E-state index contributed by atoms with van der Waals surface area (Å²) in [6, 6.07) is 23.4. The lowest BCUT2D eigenvalue weighted by molar-refractivity contribution is 0.0640. The van der Waals surface area contributed by atoms with E-state index in [1.807, 2.05) is 0 Å². The summed E-state index contributed by atoms with van der Waals surface area (Å²) in [6.45, 7) is 0. The number of ether oxygens (including phenoxy) is 3. The highest BCUT2D eigenvalue weighted by molar-refractivity contribution is 5.97. The Balaban J connectivity index is 1.84. The summed E-state index contributed by atoms with van der Waals surface area (Å²) in [7, 11) is 0. The van der Waals surface area contributed by atoms with Crippen LogP contribution in [0.3, 0.4) is 0 Å². The SMILES string of the molecule is O=C(Oc1cc(C(=O)O)c(F)c(OC(=O)c2ccccc2)c1OC(=O)c1ccccc1)c1ccccc1. The number of halogens is 1. The maximum Gasteiger partial charge on any atom is 0.343 e. The van der Waals surface area contributed by atoms with Crippen LogP contribution in [0.25, 0.3) is 0 Å². The number of hydrogen-bond donors (Lipinski definition) is 1. The van der Waals surface area contributed by atoms with Crippen LogP contribution >= 0.6 is 0 Å². The van der Waals surface area contributed by atoms with Crippen molar-refractivity contribution in [3.63, 3.8) is 0 Å². The van der Waals surface area contributed by atoms with E-state index >= 15 is 4.39 Å². The molecule has 0 aliphatic carbocycles. The molecule has 0 aliphatic rings. The van der Waals surface area contributed by atoms with E-state index in [9.17, 15) is 24.3 Å². The minimum Gasteiger partial charge on any atom is -0.478 e. The molecule has 0 aromatic heterocycles. The molecule has 4 aromatic carbocycles. The quantitative estimate of drug-likeness (QED) is 0.273. The summed E-state index contributed by atoms with van der Waals surface area (Å²) in [5.74, 6) is -8.75. The summed E-state index contributed by atoms with van der Waals surface area (Å²) in [6.07, 6.45) is 0. The molecule has 184 valence electrons. The van der Waals surface area contributed by atoms with Gasteiger partial charge in [-0.15, -0.1) is 0 Å². The van der Waals surface area contributed by atoms with E-state index in [0.29, 0.717) is 6.07 Å². The maximum atomic E-state index is 15.4. The van der Waals surface area contributed by atoms with Gasteiger partial charge in [-0.1, -0.05) is 54.6 Å². The predicted molar refractivity (Wildman–Crippen MR) is 128 cm³/mol. The lowest BCUT2D eigenvalue weighted by Crippen LogP contribution is -2.18. The van der Waals surface area contributed by atoms with Crippen molar-refractivity contribution in [2.24, 2.45) is 0 Å². The molecule has 4 rings (SSSR count). The number of carbonyl (C=O) groups is 4. The lowest BCUT2D eigenvalue weighted by atomic mass is 10.1. The van der Waals surface area contributed by atoms with E-state index in [1.54, 1.807) is 42.5 Å². The molecule has 37 heavy (non-hydrogen) atoms. The molecule has 0 radical (unpaired) electrons. The third kappa shape index (κ3) is 5.68. The predicted octanol–water partition coefficient (Wildman–Crippen LogP) is 5.18. The molecule has 4 aromatic rings. The standard InChI is InChI=1S/C28H17FO8/c29-22-20(25(30)31)16-21(35-26(32)17-10-4-1-5-11-17)23(36-27(33)18-12-6-2-7-13-18)24(22)37-28(34)19-14-8-3-9-15-19/h1-16H,(H,30,31). The number of carbonyl (C=O) groups excluding carboxylic acids is 3. The van der Waals surface area contributed by atoms with Crippen LogP contribution in [0.4, 0.5) is 4.39 Å². The average molecular weight is 500 g/mol. The Morgan fingerprint density at radius 2 is 0.946 bits per heavy atom. The molecule has 0 amide bonds. The first kappa shape index (κ1) is 24.8. The molecule has 8 nitrogen and oxygen atoms in total.